The Kier molecular flexibility index (Phi) is 49.3. The highest BCUT2D eigenvalue weighted by Gasteiger charge is 2.20. The quantitative estimate of drug-likeness (QED) is 0.0422. The summed E-state index contributed by atoms with van der Waals surface area (Å²) in [6, 6.07) is -0.550. The lowest BCUT2D eigenvalue weighted by molar-refractivity contribution is -0.123. The van der Waals surface area contributed by atoms with Crippen LogP contribution in [0.15, 0.2) is 72.9 Å². The molecular weight excluding hydrogens is 735 g/mol. The molecule has 2 atom stereocenters. The Morgan fingerprint density at radius 1 is 0.417 bits per heavy atom. The highest BCUT2D eigenvalue weighted by atomic mass is 16.3. The monoisotopic (exact) mass is 836 g/mol. The Hall–Kier alpha value is -2.17. The van der Waals surface area contributed by atoms with Crippen molar-refractivity contribution in [3.8, 4) is 0 Å². The number of nitrogens with one attached hydrogen (secondary N) is 1. The number of allylic oxidation sites excluding steroid dienone is 12. The summed E-state index contributed by atoms with van der Waals surface area (Å²) in [5.41, 5.74) is 0. The summed E-state index contributed by atoms with van der Waals surface area (Å²) in [5, 5.41) is 23.3. The van der Waals surface area contributed by atoms with Crippen molar-refractivity contribution in [3.63, 3.8) is 0 Å². The van der Waals surface area contributed by atoms with Gasteiger partial charge in [0.05, 0.1) is 18.8 Å². The van der Waals surface area contributed by atoms with Crippen LogP contribution in [0.1, 0.15) is 258 Å². The molecule has 348 valence electrons. The van der Waals surface area contributed by atoms with Gasteiger partial charge in [-0.1, -0.05) is 260 Å². The first-order valence-corrected chi connectivity index (χ1v) is 26.1. The average Bonchev–Trinajstić information content (AvgIpc) is 3.25. The van der Waals surface area contributed by atoms with Crippen LogP contribution in [-0.2, 0) is 4.79 Å². The molecule has 0 heterocycles. The normalized spacial score (nSPS) is 13.5. The lowest BCUT2D eigenvalue weighted by atomic mass is 10.0. The van der Waals surface area contributed by atoms with Crippen molar-refractivity contribution in [1.29, 1.82) is 0 Å². The molecule has 4 nitrogen and oxygen atoms in total. The maximum Gasteiger partial charge on any atom is 0.220 e. The Balaban J connectivity index is 3.55. The Labute approximate surface area is 374 Å². The largest absolute Gasteiger partial charge is 0.394 e. The van der Waals surface area contributed by atoms with E-state index in [4.69, 9.17) is 0 Å². The molecule has 2 unspecified atom stereocenters. The van der Waals surface area contributed by atoms with E-state index in [2.05, 4.69) is 92.1 Å². The van der Waals surface area contributed by atoms with Gasteiger partial charge in [0.15, 0.2) is 0 Å². The molecule has 0 aromatic carbocycles. The van der Waals surface area contributed by atoms with E-state index in [-0.39, 0.29) is 12.5 Å². The smallest absolute Gasteiger partial charge is 0.220 e. The zero-order valence-electron chi connectivity index (χ0n) is 40.0. The van der Waals surface area contributed by atoms with E-state index < -0.39 is 12.1 Å². The third kappa shape index (κ3) is 46.9. The van der Waals surface area contributed by atoms with Crippen molar-refractivity contribution < 1.29 is 15.0 Å². The zero-order chi connectivity index (χ0) is 43.5. The first kappa shape index (κ1) is 57.8. The van der Waals surface area contributed by atoms with Gasteiger partial charge >= 0.3 is 0 Å². The van der Waals surface area contributed by atoms with Crippen molar-refractivity contribution in [2.45, 2.75) is 270 Å². The number of amides is 1. The molecular formula is C56H101NO3. The number of carbonyl (C=O) groups is 1. The summed E-state index contributed by atoms with van der Waals surface area (Å²) in [5.74, 6) is -0.0462. The number of rotatable bonds is 47. The summed E-state index contributed by atoms with van der Waals surface area (Å²) >= 11 is 0. The van der Waals surface area contributed by atoms with Gasteiger partial charge in [-0.05, 0) is 64.2 Å². The maximum atomic E-state index is 12.5. The van der Waals surface area contributed by atoms with Crippen molar-refractivity contribution in [2.75, 3.05) is 6.61 Å². The van der Waals surface area contributed by atoms with Crippen molar-refractivity contribution >= 4 is 5.91 Å². The van der Waals surface area contributed by atoms with Crippen molar-refractivity contribution in [3.05, 3.63) is 72.9 Å². The number of unbranched alkanes of at least 4 members (excludes halogenated alkanes) is 28. The predicted molar refractivity (Wildman–Crippen MR) is 267 cm³/mol. The fourth-order valence-electron chi connectivity index (χ4n) is 7.78. The van der Waals surface area contributed by atoms with Gasteiger partial charge in [0.2, 0.25) is 5.91 Å². The van der Waals surface area contributed by atoms with Crippen LogP contribution in [0, 0.1) is 0 Å². The average molecular weight is 836 g/mol. The second-order valence-corrected chi connectivity index (χ2v) is 17.6. The van der Waals surface area contributed by atoms with E-state index in [0.29, 0.717) is 12.8 Å². The fraction of sp³-hybridized carbons (Fsp3) is 0.768. The molecule has 0 aliphatic carbocycles. The third-order valence-electron chi connectivity index (χ3n) is 11.7. The molecule has 0 spiro atoms. The van der Waals surface area contributed by atoms with Gasteiger partial charge in [0, 0.05) is 6.42 Å². The second kappa shape index (κ2) is 51.2. The first-order chi connectivity index (χ1) is 29.7. The molecule has 0 aliphatic rings. The standard InChI is InChI=1S/C56H101NO3/c1-3-5-7-9-11-13-15-17-19-21-23-25-27-28-30-32-34-36-38-40-42-44-46-48-50-52-56(60)57-54(53-58)55(59)51-49-47-45-43-41-39-37-35-33-31-29-26-24-22-20-18-16-14-12-10-8-6-4-2/h5,7,11,13,17,19,23,25,28,30,34,36,54-55,58-59H,3-4,6,8-10,12,14-16,18,20-22,24,26-27,29,31-33,35,37-53H2,1-2H3,(H,57,60)/b7-5-,13-11-,19-17-,25-23-,30-28-,36-34-. The summed E-state index contributed by atoms with van der Waals surface area (Å²) in [7, 11) is 0. The van der Waals surface area contributed by atoms with Gasteiger partial charge in [0.25, 0.3) is 0 Å². The number of aliphatic hydroxyl groups is 2. The first-order valence-electron chi connectivity index (χ1n) is 26.1. The minimum atomic E-state index is -0.671. The van der Waals surface area contributed by atoms with Crippen LogP contribution in [0.5, 0.6) is 0 Å². The minimum absolute atomic E-state index is 0.0462. The Morgan fingerprint density at radius 3 is 1.10 bits per heavy atom. The van der Waals surface area contributed by atoms with Crippen LogP contribution >= 0.6 is 0 Å². The number of aliphatic hydroxyl groups excluding tert-OH is 2. The fourth-order valence-corrected chi connectivity index (χ4v) is 7.78. The van der Waals surface area contributed by atoms with Gasteiger partial charge in [-0.25, -0.2) is 0 Å². The number of carbonyl (C=O) groups excluding carboxylic acids is 1. The third-order valence-corrected chi connectivity index (χ3v) is 11.7. The summed E-state index contributed by atoms with van der Waals surface area (Å²) in [6.45, 7) is 4.25. The van der Waals surface area contributed by atoms with Crippen LogP contribution in [0.3, 0.4) is 0 Å². The highest BCUT2D eigenvalue weighted by Crippen LogP contribution is 2.17. The van der Waals surface area contributed by atoms with Gasteiger partial charge in [-0.15, -0.1) is 0 Å². The molecule has 0 saturated carbocycles. The highest BCUT2D eigenvalue weighted by molar-refractivity contribution is 5.76. The summed E-state index contributed by atoms with van der Waals surface area (Å²) in [6.07, 6.45) is 72.9. The number of hydrogen-bond donors (Lipinski definition) is 3. The Morgan fingerprint density at radius 2 is 0.733 bits per heavy atom. The molecule has 0 aromatic rings. The van der Waals surface area contributed by atoms with Crippen LogP contribution in [0.25, 0.3) is 0 Å². The van der Waals surface area contributed by atoms with Crippen LogP contribution in [-0.4, -0.2) is 34.9 Å². The van der Waals surface area contributed by atoms with Gasteiger partial charge < -0.3 is 15.5 Å². The van der Waals surface area contributed by atoms with Crippen molar-refractivity contribution in [2.24, 2.45) is 0 Å². The molecule has 0 rings (SSSR count). The van der Waals surface area contributed by atoms with E-state index in [1.54, 1.807) is 0 Å². The lowest BCUT2D eigenvalue weighted by Gasteiger charge is -2.22. The van der Waals surface area contributed by atoms with E-state index in [1.165, 1.54) is 154 Å². The number of hydrogen-bond acceptors (Lipinski definition) is 3. The van der Waals surface area contributed by atoms with Gasteiger partial charge in [0.1, 0.15) is 0 Å². The summed E-state index contributed by atoms with van der Waals surface area (Å²) in [4.78, 5) is 12.5. The molecule has 0 saturated heterocycles. The minimum Gasteiger partial charge on any atom is -0.394 e. The van der Waals surface area contributed by atoms with Gasteiger partial charge in [-0.2, -0.15) is 0 Å². The maximum absolute atomic E-state index is 12.5. The zero-order valence-corrected chi connectivity index (χ0v) is 40.0. The van der Waals surface area contributed by atoms with E-state index in [1.807, 2.05) is 0 Å². The molecule has 1 amide bonds. The van der Waals surface area contributed by atoms with Crippen LogP contribution in [0.4, 0.5) is 0 Å². The molecule has 0 bridgehead atoms. The summed E-state index contributed by atoms with van der Waals surface area (Å²) < 4.78 is 0. The predicted octanol–water partition coefficient (Wildman–Crippen LogP) is 17.0. The second-order valence-electron chi connectivity index (χ2n) is 17.6. The van der Waals surface area contributed by atoms with E-state index >= 15 is 0 Å². The SMILES string of the molecule is CC/C=C\C/C=C\C/C=C\C/C=C\C/C=C\C/C=C\CCCCCCCCC(=O)NC(CO)C(O)CCCCCCCCCCCCCCCCCCCCCCCCC. The molecule has 3 N–H and O–H groups in total. The van der Waals surface area contributed by atoms with E-state index in [0.717, 1.165) is 77.0 Å². The van der Waals surface area contributed by atoms with E-state index in [9.17, 15) is 15.0 Å². The molecule has 0 aliphatic heterocycles. The molecule has 0 radical (unpaired) electrons. The van der Waals surface area contributed by atoms with Crippen LogP contribution in [0.2, 0.25) is 0 Å². The van der Waals surface area contributed by atoms with Crippen molar-refractivity contribution in [1.82, 2.24) is 5.32 Å². The Bertz CT molecular complexity index is 1040. The topological polar surface area (TPSA) is 69.6 Å². The molecule has 4 heteroatoms. The molecule has 0 aromatic heterocycles. The molecule has 0 fully saturated rings. The molecule has 60 heavy (non-hydrogen) atoms. The van der Waals surface area contributed by atoms with Gasteiger partial charge in [-0.3, -0.25) is 4.79 Å². The van der Waals surface area contributed by atoms with Crippen LogP contribution < -0.4 is 5.32 Å². The lowest BCUT2D eigenvalue weighted by Crippen LogP contribution is -2.45.